The number of amides is 1. The molecule has 0 fully saturated rings. The first kappa shape index (κ1) is 18.5. The number of benzene rings is 1. The average molecular weight is 339 g/mol. The monoisotopic (exact) mass is 339 g/mol. The van der Waals surface area contributed by atoms with Crippen LogP contribution in [0.1, 0.15) is 47.6 Å². The number of pyridine rings is 1. The number of nitrogens with one attached hydrogen (secondary N) is 2. The smallest absolute Gasteiger partial charge is 0.269 e. The number of carbonyl (C=O) groups excluding carboxylic acids is 1. The van der Waals surface area contributed by atoms with Crippen molar-refractivity contribution >= 4 is 11.6 Å². The summed E-state index contributed by atoms with van der Waals surface area (Å²) in [6, 6.07) is 11.0. The molecule has 1 atom stereocenters. The van der Waals surface area contributed by atoms with Gasteiger partial charge in [-0.25, -0.2) is 4.98 Å². The molecule has 0 aliphatic heterocycles. The molecule has 0 unspecified atom stereocenters. The van der Waals surface area contributed by atoms with E-state index in [1.54, 1.807) is 31.3 Å². The molecule has 132 valence electrons. The number of rotatable bonds is 7. The van der Waals surface area contributed by atoms with E-state index < -0.39 is 0 Å². The highest BCUT2D eigenvalue weighted by molar-refractivity contribution is 5.93. The Morgan fingerprint density at radius 1 is 1.32 bits per heavy atom. The van der Waals surface area contributed by atoms with Gasteiger partial charge in [0.05, 0.1) is 0 Å². The molecule has 1 aromatic heterocycles. The summed E-state index contributed by atoms with van der Waals surface area (Å²) in [6.45, 7) is 8.27. The molecule has 1 amide bonds. The molecule has 0 aliphatic rings. The van der Waals surface area contributed by atoms with Gasteiger partial charge < -0.3 is 15.7 Å². The zero-order valence-electron chi connectivity index (χ0n) is 15.0. The number of aromatic hydroxyl groups is 1. The summed E-state index contributed by atoms with van der Waals surface area (Å²) in [7, 11) is 1.58. The summed E-state index contributed by atoms with van der Waals surface area (Å²) in [6.07, 6.45) is 1.49. The van der Waals surface area contributed by atoms with E-state index in [-0.39, 0.29) is 11.7 Å². The summed E-state index contributed by atoms with van der Waals surface area (Å²) in [5.74, 6) is -0.0293. The van der Waals surface area contributed by atoms with Gasteiger partial charge in [-0.05, 0) is 43.2 Å². The van der Waals surface area contributed by atoms with Crippen LogP contribution in [0.5, 0.6) is 5.75 Å². The number of hydrogen-bond acceptors (Lipinski definition) is 4. The van der Waals surface area contributed by atoms with Gasteiger partial charge in [0.2, 0.25) is 0 Å². The van der Waals surface area contributed by atoms with Gasteiger partial charge in [0.15, 0.2) is 0 Å². The number of phenolic OH excluding ortho intramolecular Hbond substituents is 1. The zero-order valence-corrected chi connectivity index (χ0v) is 15.0. The topological polar surface area (TPSA) is 74.2 Å². The fourth-order valence-corrected chi connectivity index (χ4v) is 2.46. The van der Waals surface area contributed by atoms with E-state index in [9.17, 15) is 9.90 Å². The van der Waals surface area contributed by atoms with E-state index in [4.69, 9.17) is 0 Å². The summed E-state index contributed by atoms with van der Waals surface area (Å²) in [5, 5.41) is 15.6. The lowest BCUT2D eigenvalue weighted by molar-refractivity contribution is 0.0958. The van der Waals surface area contributed by atoms with Crippen molar-refractivity contribution in [3.8, 4) is 5.75 Å². The molecule has 5 heteroatoms. The van der Waals surface area contributed by atoms with E-state index >= 15 is 0 Å². The van der Waals surface area contributed by atoms with Crippen LogP contribution < -0.4 is 10.6 Å². The van der Waals surface area contributed by atoms with Crippen molar-refractivity contribution in [2.45, 2.75) is 32.7 Å². The highest BCUT2D eigenvalue weighted by atomic mass is 16.3. The van der Waals surface area contributed by atoms with Crippen molar-refractivity contribution in [2.24, 2.45) is 0 Å². The van der Waals surface area contributed by atoms with Crippen LogP contribution in [0.4, 0.5) is 0 Å². The van der Waals surface area contributed by atoms with Gasteiger partial charge in [0, 0.05) is 36.5 Å². The Labute approximate surface area is 148 Å². The van der Waals surface area contributed by atoms with Crippen molar-refractivity contribution in [2.75, 3.05) is 7.05 Å². The Morgan fingerprint density at radius 3 is 2.72 bits per heavy atom. The van der Waals surface area contributed by atoms with Crippen LogP contribution in [0.25, 0.3) is 5.70 Å². The average Bonchev–Trinajstić information content (AvgIpc) is 2.60. The first-order valence-electron chi connectivity index (χ1n) is 8.39. The molecular weight excluding hydrogens is 314 g/mol. The number of hydrogen-bond donors (Lipinski definition) is 3. The Kier molecular flexibility index (Phi) is 6.17. The van der Waals surface area contributed by atoms with E-state index in [1.807, 2.05) is 12.1 Å². The molecule has 0 bridgehead atoms. The third-order valence-corrected chi connectivity index (χ3v) is 4.02. The van der Waals surface area contributed by atoms with Crippen molar-refractivity contribution in [1.29, 1.82) is 0 Å². The molecule has 5 nitrogen and oxygen atoms in total. The predicted molar refractivity (Wildman–Crippen MR) is 100 cm³/mol. The molecule has 0 spiro atoms. The molecular formula is C20H25N3O2. The molecule has 1 aromatic carbocycles. The number of carbonyl (C=O) groups is 1. The van der Waals surface area contributed by atoms with Crippen LogP contribution in [-0.4, -0.2) is 29.1 Å². The maximum atomic E-state index is 12.1. The van der Waals surface area contributed by atoms with Gasteiger partial charge in [-0.2, -0.15) is 0 Å². The maximum Gasteiger partial charge on any atom is 0.269 e. The van der Waals surface area contributed by atoms with Crippen LogP contribution in [0.15, 0.2) is 43.0 Å². The molecule has 2 aromatic rings. The number of phenols is 1. The van der Waals surface area contributed by atoms with E-state index in [2.05, 4.69) is 36.0 Å². The van der Waals surface area contributed by atoms with Gasteiger partial charge in [0.25, 0.3) is 5.91 Å². The summed E-state index contributed by atoms with van der Waals surface area (Å²) in [4.78, 5) is 16.5. The molecule has 25 heavy (non-hydrogen) atoms. The second kappa shape index (κ2) is 8.33. The normalized spacial score (nSPS) is 11.6. The SMILES string of the molecule is C=C(N[C@H](C)CC)c1cc(Cc2cccc(O)c2)nc(C(=O)NC)c1. The predicted octanol–water partition coefficient (Wildman–Crippen LogP) is 3.10. The first-order chi connectivity index (χ1) is 11.9. The lowest BCUT2D eigenvalue weighted by atomic mass is 10.0. The largest absolute Gasteiger partial charge is 0.508 e. The third-order valence-electron chi connectivity index (χ3n) is 4.02. The standard InChI is InChI=1S/C20H25N3O2/c1-5-13(2)22-14(3)16-11-17(23-19(12-16)20(25)21-4)9-15-7-6-8-18(24)10-15/h6-8,10-13,22,24H,3,5,9H2,1-2,4H3,(H,21,25)/t13-/m1/s1. The number of nitrogens with zero attached hydrogens (tertiary/aromatic N) is 1. The fraction of sp³-hybridized carbons (Fsp3) is 0.300. The second-order valence-electron chi connectivity index (χ2n) is 6.09. The second-order valence-corrected chi connectivity index (χ2v) is 6.09. The van der Waals surface area contributed by atoms with Gasteiger partial charge >= 0.3 is 0 Å². The van der Waals surface area contributed by atoms with Crippen molar-refractivity contribution < 1.29 is 9.90 Å². The summed E-state index contributed by atoms with van der Waals surface area (Å²) in [5.41, 5.74) is 3.62. The molecule has 2 rings (SSSR count). The minimum atomic E-state index is -0.240. The summed E-state index contributed by atoms with van der Waals surface area (Å²) >= 11 is 0. The molecule has 0 saturated carbocycles. The third kappa shape index (κ3) is 5.08. The highest BCUT2D eigenvalue weighted by Crippen LogP contribution is 2.18. The minimum Gasteiger partial charge on any atom is -0.508 e. The zero-order chi connectivity index (χ0) is 18.4. The molecule has 0 aliphatic carbocycles. The Balaban J connectivity index is 2.36. The summed E-state index contributed by atoms with van der Waals surface area (Å²) < 4.78 is 0. The molecule has 0 radical (unpaired) electrons. The Hall–Kier alpha value is -2.82. The van der Waals surface area contributed by atoms with Gasteiger partial charge in [-0.1, -0.05) is 25.6 Å². The first-order valence-corrected chi connectivity index (χ1v) is 8.39. The van der Waals surface area contributed by atoms with Crippen LogP contribution in [0.2, 0.25) is 0 Å². The molecule has 1 heterocycles. The quantitative estimate of drug-likeness (QED) is 0.725. The van der Waals surface area contributed by atoms with Crippen LogP contribution in [-0.2, 0) is 6.42 Å². The number of aromatic nitrogens is 1. The lowest BCUT2D eigenvalue weighted by Crippen LogP contribution is -2.24. The van der Waals surface area contributed by atoms with Crippen molar-refractivity contribution in [3.05, 3.63) is 65.5 Å². The Bertz CT molecular complexity index is 771. The maximum absolute atomic E-state index is 12.1. The molecule has 0 saturated heterocycles. The fourth-order valence-electron chi connectivity index (χ4n) is 2.46. The van der Waals surface area contributed by atoms with Gasteiger partial charge in [-0.15, -0.1) is 0 Å². The van der Waals surface area contributed by atoms with Crippen LogP contribution in [0.3, 0.4) is 0 Å². The molecule has 3 N–H and O–H groups in total. The van der Waals surface area contributed by atoms with Crippen molar-refractivity contribution in [3.63, 3.8) is 0 Å². The van der Waals surface area contributed by atoms with Crippen LogP contribution >= 0.6 is 0 Å². The van der Waals surface area contributed by atoms with Gasteiger partial charge in [0.1, 0.15) is 11.4 Å². The van der Waals surface area contributed by atoms with E-state index in [0.29, 0.717) is 18.2 Å². The Morgan fingerprint density at radius 2 is 2.08 bits per heavy atom. The van der Waals surface area contributed by atoms with Gasteiger partial charge in [-0.3, -0.25) is 4.79 Å². The minimum absolute atomic E-state index is 0.211. The van der Waals surface area contributed by atoms with E-state index in [0.717, 1.165) is 28.9 Å². The van der Waals surface area contributed by atoms with E-state index in [1.165, 1.54) is 0 Å². The highest BCUT2D eigenvalue weighted by Gasteiger charge is 2.12. The van der Waals surface area contributed by atoms with Crippen molar-refractivity contribution in [1.82, 2.24) is 15.6 Å². The van der Waals surface area contributed by atoms with Crippen LogP contribution in [0, 0.1) is 0 Å². The lowest BCUT2D eigenvalue weighted by Gasteiger charge is -2.17.